The highest BCUT2D eigenvalue weighted by Crippen LogP contribution is 2.32. The summed E-state index contributed by atoms with van der Waals surface area (Å²) in [5.41, 5.74) is -1.04. The Morgan fingerprint density at radius 3 is 2.39 bits per heavy atom. The molecule has 0 radical (unpaired) electrons. The molecule has 1 aromatic heterocycles. The zero-order chi connectivity index (χ0) is 20.7. The van der Waals surface area contributed by atoms with Crippen molar-refractivity contribution in [2.75, 3.05) is 31.1 Å². The van der Waals surface area contributed by atoms with Gasteiger partial charge in [-0.3, -0.25) is 4.57 Å². The maximum Gasteiger partial charge on any atom is 0.416 e. The maximum absolute atomic E-state index is 12.9. The van der Waals surface area contributed by atoms with Gasteiger partial charge in [-0.2, -0.15) is 17.5 Å². The molecule has 0 aliphatic carbocycles. The number of anilines is 1. The molecular weight excluding hydrogens is 403 g/mol. The van der Waals surface area contributed by atoms with Crippen molar-refractivity contribution in [1.82, 2.24) is 13.9 Å². The van der Waals surface area contributed by atoms with Crippen molar-refractivity contribution in [2.24, 2.45) is 7.05 Å². The lowest BCUT2D eigenvalue weighted by atomic mass is 10.2. The molecule has 1 fully saturated rings. The van der Waals surface area contributed by atoms with E-state index in [9.17, 15) is 31.7 Å². The van der Waals surface area contributed by atoms with Crippen LogP contribution in [0.1, 0.15) is 5.56 Å². The van der Waals surface area contributed by atoms with Crippen molar-refractivity contribution in [3.05, 3.63) is 46.3 Å². The number of hydrogen-bond donors (Lipinski definition) is 0. The number of nitrogens with zero attached hydrogens (tertiary/aromatic N) is 5. The summed E-state index contributed by atoms with van der Waals surface area (Å²) < 4.78 is 66.6. The Morgan fingerprint density at radius 1 is 1.18 bits per heavy atom. The van der Waals surface area contributed by atoms with Crippen LogP contribution in [0.4, 0.5) is 24.8 Å². The summed E-state index contributed by atoms with van der Waals surface area (Å²) >= 11 is 0. The van der Waals surface area contributed by atoms with E-state index in [1.165, 1.54) is 10.9 Å². The Labute approximate surface area is 158 Å². The van der Waals surface area contributed by atoms with E-state index in [0.717, 1.165) is 22.5 Å². The van der Waals surface area contributed by atoms with Gasteiger partial charge in [0.15, 0.2) is 0 Å². The molecule has 2 aromatic rings. The second-order valence-corrected chi connectivity index (χ2v) is 8.11. The Kier molecular flexibility index (Phi) is 5.06. The Hall–Kier alpha value is -2.67. The number of halogens is 3. The molecule has 0 saturated carbocycles. The number of hydrogen-bond acceptors (Lipinski definition) is 6. The average Bonchev–Trinajstić information content (AvgIpc) is 3.03. The monoisotopic (exact) mass is 419 g/mol. The highest BCUT2D eigenvalue weighted by atomic mass is 32.2. The molecule has 1 aromatic carbocycles. The minimum absolute atomic E-state index is 0.0269. The fourth-order valence-electron chi connectivity index (χ4n) is 3.03. The largest absolute Gasteiger partial charge is 0.416 e. The third kappa shape index (κ3) is 3.67. The molecule has 9 nitrogen and oxygen atoms in total. The summed E-state index contributed by atoms with van der Waals surface area (Å²) in [6, 6.07) is 3.57. The number of sulfonamides is 1. The lowest BCUT2D eigenvalue weighted by molar-refractivity contribution is -0.388. The van der Waals surface area contributed by atoms with Gasteiger partial charge in [0.05, 0.1) is 10.5 Å². The maximum atomic E-state index is 12.9. The minimum atomic E-state index is -4.65. The first-order chi connectivity index (χ1) is 13.0. The third-order valence-electron chi connectivity index (χ3n) is 4.40. The number of nitro groups is 1. The molecule has 3 rings (SSSR count). The van der Waals surface area contributed by atoms with Crippen LogP contribution in [0.25, 0.3) is 0 Å². The molecule has 0 unspecified atom stereocenters. The first kappa shape index (κ1) is 20.1. The standard InChI is InChI=1S/C15H16F3N5O4S/c1-20-10-19-13(23(24)25)14(20)21-5-7-22(8-6-21)28(26,27)12-4-2-3-11(9-12)15(16,17)18/h2-4,9-10H,5-8H2,1H3. The van der Waals surface area contributed by atoms with Gasteiger partial charge in [-0.1, -0.05) is 6.07 Å². The SMILES string of the molecule is Cn1cnc([N+](=O)[O-])c1N1CCN(S(=O)(=O)c2cccc(C(F)(F)F)c2)CC1. The van der Waals surface area contributed by atoms with Gasteiger partial charge < -0.3 is 15.0 Å². The van der Waals surface area contributed by atoms with Gasteiger partial charge in [-0.05, 0) is 28.1 Å². The molecule has 0 atom stereocenters. The van der Waals surface area contributed by atoms with Gasteiger partial charge in [0, 0.05) is 33.2 Å². The lowest BCUT2D eigenvalue weighted by Gasteiger charge is -2.34. The summed E-state index contributed by atoms with van der Waals surface area (Å²) in [6.07, 6.45) is -3.36. The number of alkyl halides is 3. The Balaban J connectivity index is 1.80. The van der Waals surface area contributed by atoms with Gasteiger partial charge in [-0.25, -0.2) is 8.42 Å². The van der Waals surface area contributed by atoms with E-state index in [4.69, 9.17) is 0 Å². The van der Waals surface area contributed by atoms with Gasteiger partial charge in [0.2, 0.25) is 22.2 Å². The van der Waals surface area contributed by atoms with Crippen LogP contribution in [0.2, 0.25) is 0 Å². The summed E-state index contributed by atoms with van der Waals surface area (Å²) in [6.45, 7) is 0.221. The Bertz CT molecular complexity index is 997. The topological polar surface area (TPSA) is 102 Å². The second kappa shape index (κ2) is 7.05. The number of aryl methyl sites for hydroxylation is 1. The highest BCUT2D eigenvalue weighted by molar-refractivity contribution is 7.89. The van der Waals surface area contributed by atoms with E-state index in [-0.39, 0.29) is 37.8 Å². The summed E-state index contributed by atoms with van der Waals surface area (Å²) in [5.74, 6) is -0.0854. The van der Waals surface area contributed by atoms with Gasteiger partial charge in [0.1, 0.15) is 0 Å². The van der Waals surface area contributed by atoms with Crippen LogP contribution in [-0.2, 0) is 23.2 Å². The molecule has 28 heavy (non-hydrogen) atoms. The number of benzene rings is 1. The molecule has 0 amide bonds. The number of rotatable bonds is 4. The molecule has 1 saturated heterocycles. The first-order valence-corrected chi connectivity index (χ1v) is 9.54. The van der Waals surface area contributed by atoms with Crippen LogP contribution in [0, 0.1) is 10.1 Å². The lowest BCUT2D eigenvalue weighted by Crippen LogP contribution is -2.49. The van der Waals surface area contributed by atoms with E-state index in [2.05, 4.69) is 4.98 Å². The van der Waals surface area contributed by atoms with E-state index >= 15 is 0 Å². The van der Waals surface area contributed by atoms with Crippen LogP contribution in [0.3, 0.4) is 0 Å². The molecule has 1 aliphatic rings. The van der Waals surface area contributed by atoms with Crippen molar-refractivity contribution in [2.45, 2.75) is 11.1 Å². The van der Waals surface area contributed by atoms with Crippen molar-refractivity contribution in [3.8, 4) is 0 Å². The normalized spacial score (nSPS) is 16.4. The highest BCUT2D eigenvalue weighted by Gasteiger charge is 2.35. The van der Waals surface area contributed by atoms with Gasteiger partial charge in [-0.15, -0.1) is 0 Å². The van der Waals surface area contributed by atoms with Gasteiger partial charge >= 0.3 is 12.0 Å². The second-order valence-electron chi connectivity index (χ2n) is 6.18. The van der Waals surface area contributed by atoms with Crippen LogP contribution in [0.15, 0.2) is 35.5 Å². The molecule has 1 aliphatic heterocycles. The van der Waals surface area contributed by atoms with Crippen LogP contribution < -0.4 is 4.90 Å². The van der Waals surface area contributed by atoms with Gasteiger partial charge in [0.25, 0.3) is 0 Å². The zero-order valence-electron chi connectivity index (χ0n) is 14.6. The predicted octanol–water partition coefficient (Wildman–Crippen LogP) is 1.86. The molecule has 152 valence electrons. The number of aromatic nitrogens is 2. The summed E-state index contributed by atoms with van der Waals surface area (Å²) in [5, 5.41) is 11.1. The van der Waals surface area contributed by atoms with Crippen LogP contribution in [-0.4, -0.2) is 53.4 Å². The van der Waals surface area contributed by atoms with E-state index in [1.54, 1.807) is 11.9 Å². The summed E-state index contributed by atoms with van der Waals surface area (Å²) in [7, 11) is -2.54. The fourth-order valence-corrected chi connectivity index (χ4v) is 4.50. The van der Waals surface area contributed by atoms with E-state index < -0.39 is 31.6 Å². The molecule has 0 spiro atoms. The predicted molar refractivity (Wildman–Crippen MR) is 92.3 cm³/mol. The third-order valence-corrected chi connectivity index (χ3v) is 6.29. The van der Waals surface area contributed by atoms with Crippen LogP contribution >= 0.6 is 0 Å². The van der Waals surface area contributed by atoms with Crippen molar-refractivity contribution >= 4 is 21.7 Å². The van der Waals surface area contributed by atoms with E-state index in [0.29, 0.717) is 6.07 Å². The average molecular weight is 419 g/mol. The van der Waals surface area contributed by atoms with Crippen molar-refractivity contribution in [3.63, 3.8) is 0 Å². The molecule has 13 heteroatoms. The van der Waals surface area contributed by atoms with Crippen molar-refractivity contribution < 1.29 is 26.5 Å². The first-order valence-electron chi connectivity index (χ1n) is 8.10. The number of imidazole rings is 1. The zero-order valence-corrected chi connectivity index (χ0v) is 15.4. The summed E-state index contributed by atoms with van der Waals surface area (Å²) in [4.78, 5) is 15.4. The smallest absolute Gasteiger partial charge is 0.358 e. The molecular formula is C15H16F3N5O4S. The van der Waals surface area contributed by atoms with Crippen LogP contribution in [0.5, 0.6) is 0 Å². The van der Waals surface area contributed by atoms with Crippen molar-refractivity contribution in [1.29, 1.82) is 0 Å². The molecule has 2 heterocycles. The Morgan fingerprint density at radius 2 is 1.82 bits per heavy atom. The fraction of sp³-hybridized carbons (Fsp3) is 0.400. The molecule has 0 N–H and O–H groups in total. The molecule has 0 bridgehead atoms. The van der Waals surface area contributed by atoms with E-state index in [1.807, 2.05) is 0 Å². The quantitative estimate of drug-likeness (QED) is 0.554. The number of piperazine rings is 1. The minimum Gasteiger partial charge on any atom is -0.358 e.